The summed E-state index contributed by atoms with van der Waals surface area (Å²) in [5.41, 5.74) is 2.82. The lowest BCUT2D eigenvalue weighted by atomic mass is 10.1. The van der Waals surface area contributed by atoms with Gasteiger partial charge in [0.15, 0.2) is 6.29 Å². The van der Waals surface area contributed by atoms with Crippen LogP contribution < -0.4 is 9.47 Å². The Morgan fingerprint density at radius 1 is 1.00 bits per heavy atom. The molecule has 0 aliphatic heterocycles. The van der Waals surface area contributed by atoms with Gasteiger partial charge in [0.05, 0.1) is 25.5 Å². The molecule has 0 amide bonds. The summed E-state index contributed by atoms with van der Waals surface area (Å²) in [6, 6.07) is 13.1. The van der Waals surface area contributed by atoms with Crippen molar-refractivity contribution in [2.75, 3.05) is 14.2 Å². The summed E-state index contributed by atoms with van der Waals surface area (Å²) in [6.07, 6.45) is 0.788. The smallest absolute Gasteiger partial charge is 0.167 e. The molecule has 4 nitrogen and oxygen atoms in total. The molecule has 0 aliphatic carbocycles. The van der Waals surface area contributed by atoms with Gasteiger partial charge in [0.2, 0.25) is 0 Å². The topological polar surface area (TPSA) is 51.3 Å². The molecule has 1 N–H and O–H groups in total. The molecule has 23 heavy (non-hydrogen) atoms. The minimum Gasteiger partial charge on any atom is -0.497 e. The Bertz CT molecular complexity index is 906. The monoisotopic (exact) mass is 305 g/mol. The summed E-state index contributed by atoms with van der Waals surface area (Å²) in [7, 11) is 3.19. The second kappa shape index (κ2) is 6.29. The van der Waals surface area contributed by atoms with Crippen LogP contribution in [0.4, 0.5) is 0 Å². The normalized spacial score (nSPS) is 10.0. The first-order chi connectivity index (χ1) is 11.2. The van der Waals surface area contributed by atoms with Crippen molar-refractivity contribution in [1.29, 1.82) is 0 Å². The van der Waals surface area contributed by atoms with Crippen LogP contribution in [0.1, 0.15) is 21.6 Å². The largest absolute Gasteiger partial charge is 0.497 e. The first kappa shape index (κ1) is 14.7. The van der Waals surface area contributed by atoms with Crippen molar-refractivity contribution in [3.05, 3.63) is 59.3 Å². The van der Waals surface area contributed by atoms with Crippen molar-refractivity contribution in [3.8, 4) is 23.3 Å². The number of methoxy groups -OCH3 is 2. The third kappa shape index (κ3) is 2.90. The highest BCUT2D eigenvalue weighted by Crippen LogP contribution is 2.23. The van der Waals surface area contributed by atoms with Crippen molar-refractivity contribution in [2.24, 2.45) is 0 Å². The van der Waals surface area contributed by atoms with Gasteiger partial charge in [0, 0.05) is 22.5 Å². The molecule has 0 saturated heterocycles. The minimum atomic E-state index is 0.480. The number of ether oxygens (including phenoxy) is 2. The molecular formula is C19H15NO3. The van der Waals surface area contributed by atoms with Crippen molar-refractivity contribution in [3.63, 3.8) is 0 Å². The predicted octanol–water partition coefficient (Wildman–Crippen LogP) is 3.40. The molecule has 0 fully saturated rings. The highest BCUT2D eigenvalue weighted by atomic mass is 16.5. The molecule has 0 saturated carbocycles. The minimum absolute atomic E-state index is 0.480. The number of carbonyl (C=O) groups is 1. The van der Waals surface area contributed by atoms with Gasteiger partial charge in [-0.1, -0.05) is 30.0 Å². The van der Waals surface area contributed by atoms with Crippen LogP contribution in [0, 0.1) is 11.8 Å². The molecule has 0 atom stereocenters. The fourth-order valence-corrected chi connectivity index (χ4v) is 2.40. The van der Waals surface area contributed by atoms with Crippen molar-refractivity contribution in [1.82, 2.24) is 4.98 Å². The van der Waals surface area contributed by atoms with Gasteiger partial charge in [-0.3, -0.25) is 4.79 Å². The van der Waals surface area contributed by atoms with Gasteiger partial charge in [0.1, 0.15) is 11.5 Å². The van der Waals surface area contributed by atoms with Gasteiger partial charge >= 0.3 is 0 Å². The van der Waals surface area contributed by atoms with Crippen LogP contribution in [0.5, 0.6) is 11.5 Å². The number of para-hydroxylation sites is 1. The quantitative estimate of drug-likeness (QED) is 0.596. The number of benzene rings is 2. The SMILES string of the molecule is COc1cc(C#Cc2c(C=O)[nH]c3ccccc23)cc(OC)c1. The molecule has 0 radical (unpaired) electrons. The number of hydrogen-bond donors (Lipinski definition) is 1. The number of H-pyrrole nitrogens is 1. The molecule has 114 valence electrons. The van der Waals surface area contributed by atoms with Gasteiger partial charge in [-0.2, -0.15) is 0 Å². The van der Waals surface area contributed by atoms with E-state index in [1.807, 2.05) is 36.4 Å². The van der Waals surface area contributed by atoms with E-state index in [1.54, 1.807) is 20.3 Å². The molecule has 3 aromatic rings. The Labute approximate surface area is 134 Å². The van der Waals surface area contributed by atoms with E-state index in [-0.39, 0.29) is 0 Å². The average molecular weight is 305 g/mol. The third-order valence-corrected chi connectivity index (χ3v) is 3.54. The maximum absolute atomic E-state index is 11.3. The van der Waals surface area contributed by atoms with E-state index in [0.29, 0.717) is 22.8 Å². The van der Waals surface area contributed by atoms with Crippen LogP contribution in [-0.4, -0.2) is 25.5 Å². The van der Waals surface area contributed by atoms with Crippen molar-refractivity contribution >= 4 is 17.2 Å². The van der Waals surface area contributed by atoms with Gasteiger partial charge in [0.25, 0.3) is 0 Å². The van der Waals surface area contributed by atoms with Crippen LogP contribution in [0.2, 0.25) is 0 Å². The summed E-state index contributed by atoms with van der Waals surface area (Å²) in [5.74, 6) is 7.50. The zero-order valence-corrected chi connectivity index (χ0v) is 12.8. The third-order valence-electron chi connectivity index (χ3n) is 3.54. The highest BCUT2D eigenvalue weighted by molar-refractivity contribution is 5.95. The molecule has 0 bridgehead atoms. The Balaban J connectivity index is 2.10. The highest BCUT2D eigenvalue weighted by Gasteiger charge is 2.08. The van der Waals surface area contributed by atoms with Crippen LogP contribution in [0.25, 0.3) is 10.9 Å². The maximum atomic E-state index is 11.3. The molecule has 4 heteroatoms. The average Bonchev–Trinajstić information content (AvgIpc) is 2.97. The van der Waals surface area contributed by atoms with Gasteiger partial charge in [-0.05, 0) is 18.2 Å². The Hall–Kier alpha value is -3.19. The van der Waals surface area contributed by atoms with E-state index < -0.39 is 0 Å². The summed E-state index contributed by atoms with van der Waals surface area (Å²) < 4.78 is 10.5. The summed E-state index contributed by atoms with van der Waals surface area (Å²) in [5, 5.41) is 0.928. The lowest BCUT2D eigenvalue weighted by Crippen LogP contribution is -1.89. The Morgan fingerprint density at radius 2 is 1.70 bits per heavy atom. The van der Waals surface area contributed by atoms with Crippen LogP contribution in [0.3, 0.4) is 0 Å². The number of nitrogens with one attached hydrogen (secondary N) is 1. The lowest BCUT2D eigenvalue weighted by molar-refractivity contribution is 0.111. The number of fused-ring (bicyclic) bond motifs is 1. The number of carbonyl (C=O) groups excluding carboxylic acids is 1. The Kier molecular flexibility index (Phi) is 4.03. The second-order valence-electron chi connectivity index (χ2n) is 4.93. The van der Waals surface area contributed by atoms with Gasteiger partial charge in [-0.15, -0.1) is 0 Å². The zero-order chi connectivity index (χ0) is 16.2. The standard InChI is InChI=1S/C19H15NO3/c1-22-14-9-13(10-15(11-14)23-2)7-8-17-16-5-3-4-6-18(16)20-19(17)12-21/h3-6,9-12,20H,1-2H3. The molecule has 0 aliphatic rings. The zero-order valence-electron chi connectivity index (χ0n) is 12.8. The van der Waals surface area contributed by atoms with Crippen LogP contribution >= 0.6 is 0 Å². The second-order valence-corrected chi connectivity index (χ2v) is 4.93. The molecule has 3 rings (SSSR count). The number of rotatable bonds is 3. The predicted molar refractivity (Wildman–Crippen MR) is 89.2 cm³/mol. The molecule has 0 spiro atoms. The molecule has 1 aromatic heterocycles. The van der Waals surface area contributed by atoms with E-state index in [0.717, 1.165) is 22.8 Å². The molecule has 0 unspecified atom stereocenters. The van der Waals surface area contributed by atoms with Crippen LogP contribution in [-0.2, 0) is 0 Å². The fraction of sp³-hybridized carbons (Fsp3) is 0.105. The first-order valence-corrected chi connectivity index (χ1v) is 7.06. The number of aldehydes is 1. The Morgan fingerprint density at radius 3 is 2.35 bits per heavy atom. The number of aromatic amines is 1. The number of hydrogen-bond acceptors (Lipinski definition) is 3. The van der Waals surface area contributed by atoms with Gasteiger partial charge < -0.3 is 14.5 Å². The van der Waals surface area contributed by atoms with E-state index in [4.69, 9.17) is 9.47 Å². The summed E-state index contributed by atoms with van der Waals surface area (Å²) >= 11 is 0. The maximum Gasteiger partial charge on any atom is 0.167 e. The van der Waals surface area contributed by atoms with Crippen molar-refractivity contribution in [2.45, 2.75) is 0 Å². The lowest BCUT2D eigenvalue weighted by Gasteiger charge is -2.04. The van der Waals surface area contributed by atoms with E-state index in [9.17, 15) is 4.79 Å². The van der Waals surface area contributed by atoms with E-state index in [1.165, 1.54) is 0 Å². The summed E-state index contributed by atoms with van der Waals surface area (Å²) in [4.78, 5) is 14.3. The number of aromatic nitrogens is 1. The molecule has 2 aromatic carbocycles. The van der Waals surface area contributed by atoms with Crippen LogP contribution in [0.15, 0.2) is 42.5 Å². The van der Waals surface area contributed by atoms with Crippen molar-refractivity contribution < 1.29 is 14.3 Å². The van der Waals surface area contributed by atoms with E-state index >= 15 is 0 Å². The fourth-order valence-electron chi connectivity index (χ4n) is 2.40. The molecular weight excluding hydrogens is 290 g/mol. The summed E-state index contributed by atoms with van der Waals surface area (Å²) in [6.45, 7) is 0. The first-order valence-electron chi connectivity index (χ1n) is 7.06. The molecule has 1 heterocycles. The van der Waals surface area contributed by atoms with E-state index in [2.05, 4.69) is 16.8 Å². The van der Waals surface area contributed by atoms with Gasteiger partial charge in [-0.25, -0.2) is 0 Å².